The lowest BCUT2D eigenvalue weighted by atomic mass is 10.0. The van der Waals surface area contributed by atoms with E-state index in [0.29, 0.717) is 23.6 Å². The third kappa shape index (κ3) is 3.50. The molecule has 1 aromatic carbocycles. The first-order chi connectivity index (χ1) is 12.6. The summed E-state index contributed by atoms with van der Waals surface area (Å²) in [6.07, 6.45) is 4.38. The van der Waals surface area contributed by atoms with Crippen molar-refractivity contribution in [3.8, 4) is 0 Å². The minimum Gasteiger partial charge on any atom is -0.356 e. The van der Waals surface area contributed by atoms with Gasteiger partial charge in [-0.3, -0.25) is 4.90 Å². The molecule has 1 aliphatic rings. The van der Waals surface area contributed by atoms with E-state index in [1.54, 1.807) is 6.07 Å². The Labute approximate surface area is 155 Å². The fourth-order valence-electron chi connectivity index (χ4n) is 3.42. The molecule has 6 nitrogen and oxygen atoms in total. The molecular weight excluding hydrogens is 357 g/mol. The SMILES string of the molecule is CN(Cc1noc2ccc(Cl)cc12)C1CCN(c2ncc(F)cn2)CC1. The van der Waals surface area contributed by atoms with E-state index in [4.69, 9.17) is 16.1 Å². The Morgan fingerprint density at radius 2 is 2.00 bits per heavy atom. The predicted molar refractivity (Wildman–Crippen MR) is 97.7 cm³/mol. The average Bonchev–Trinajstić information content (AvgIpc) is 3.04. The van der Waals surface area contributed by atoms with Crippen molar-refractivity contribution < 1.29 is 8.91 Å². The van der Waals surface area contributed by atoms with Gasteiger partial charge in [0.25, 0.3) is 0 Å². The molecule has 0 bridgehead atoms. The van der Waals surface area contributed by atoms with Crippen LogP contribution in [-0.2, 0) is 6.54 Å². The molecule has 0 atom stereocenters. The van der Waals surface area contributed by atoms with Gasteiger partial charge in [0.05, 0.1) is 12.4 Å². The van der Waals surface area contributed by atoms with Crippen molar-refractivity contribution in [2.45, 2.75) is 25.4 Å². The van der Waals surface area contributed by atoms with Crippen LogP contribution in [0.25, 0.3) is 11.0 Å². The molecule has 0 radical (unpaired) electrons. The minimum atomic E-state index is -0.414. The van der Waals surface area contributed by atoms with Crippen LogP contribution in [0.1, 0.15) is 18.5 Å². The van der Waals surface area contributed by atoms with Crippen molar-refractivity contribution >= 4 is 28.5 Å². The summed E-state index contributed by atoms with van der Waals surface area (Å²) in [6, 6.07) is 5.97. The standard InChI is InChI=1S/C18H19ClFN5O/c1-24(11-16-15-8-12(19)2-3-17(15)26-23-16)14-4-6-25(7-5-14)18-21-9-13(20)10-22-18/h2-3,8-10,14H,4-7,11H2,1H3. The first-order valence-corrected chi connectivity index (χ1v) is 8.94. The number of hydrogen-bond acceptors (Lipinski definition) is 6. The number of anilines is 1. The van der Waals surface area contributed by atoms with Crippen LogP contribution in [0.15, 0.2) is 35.1 Å². The summed E-state index contributed by atoms with van der Waals surface area (Å²) in [5.41, 5.74) is 1.65. The summed E-state index contributed by atoms with van der Waals surface area (Å²) in [4.78, 5) is 12.5. The summed E-state index contributed by atoms with van der Waals surface area (Å²) < 4.78 is 18.4. The smallest absolute Gasteiger partial charge is 0.225 e. The van der Waals surface area contributed by atoms with E-state index >= 15 is 0 Å². The summed E-state index contributed by atoms with van der Waals surface area (Å²) >= 11 is 6.09. The topological polar surface area (TPSA) is 58.3 Å². The Bertz CT molecular complexity index is 892. The highest BCUT2D eigenvalue weighted by Gasteiger charge is 2.25. The Morgan fingerprint density at radius 3 is 2.73 bits per heavy atom. The molecule has 1 aliphatic heterocycles. The molecule has 0 amide bonds. The molecule has 3 heterocycles. The second kappa shape index (κ2) is 7.17. The Hall–Kier alpha value is -2.25. The average molecular weight is 376 g/mol. The van der Waals surface area contributed by atoms with Gasteiger partial charge in [0, 0.05) is 36.1 Å². The number of piperidine rings is 1. The Morgan fingerprint density at radius 1 is 1.27 bits per heavy atom. The lowest BCUT2D eigenvalue weighted by molar-refractivity contribution is 0.195. The van der Waals surface area contributed by atoms with Crippen LogP contribution in [0.3, 0.4) is 0 Å². The van der Waals surface area contributed by atoms with Gasteiger partial charge >= 0.3 is 0 Å². The molecule has 0 unspecified atom stereocenters. The van der Waals surface area contributed by atoms with Crippen molar-refractivity contribution in [1.82, 2.24) is 20.0 Å². The normalized spacial score (nSPS) is 15.9. The van der Waals surface area contributed by atoms with Gasteiger partial charge in [-0.15, -0.1) is 0 Å². The molecule has 2 aromatic heterocycles. The Kier molecular flexibility index (Phi) is 4.74. The van der Waals surface area contributed by atoms with E-state index < -0.39 is 5.82 Å². The molecule has 0 N–H and O–H groups in total. The number of halogens is 2. The van der Waals surface area contributed by atoms with Gasteiger partial charge in [-0.2, -0.15) is 0 Å². The number of rotatable bonds is 4. The van der Waals surface area contributed by atoms with Crippen molar-refractivity contribution in [3.63, 3.8) is 0 Å². The van der Waals surface area contributed by atoms with E-state index in [-0.39, 0.29) is 0 Å². The summed E-state index contributed by atoms with van der Waals surface area (Å²) in [6.45, 7) is 2.38. The van der Waals surface area contributed by atoms with Gasteiger partial charge in [-0.05, 0) is 38.1 Å². The molecule has 1 fully saturated rings. The van der Waals surface area contributed by atoms with E-state index in [9.17, 15) is 4.39 Å². The van der Waals surface area contributed by atoms with Crippen LogP contribution < -0.4 is 4.90 Å². The molecule has 8 heteroatoms. The monoisotopic (exact) mass is 375 g/mol. The zero-order valence-electron chi connectivity index (χ0n) is 14.4. The van der Waals surface area contributed by atoms with Crippen LogP contribution in [-0.4, -0.2) is 46.2 Å². The zero-order chi connectivity index (χ0) is 18.1. The van der Waals surface area contributed by atoms with Crippen molar-refractivity contribution in [1.29, 1.82) is 0 Å². The maximum absolute atomic E-state index is 13.0. The number of hydrogen-bond donors (Lipinski definition) is 0. The molecule has 4 rings (SSSR count). The molecule has 1 saturated heterocycles. The van der Waals surface area contributed by atoms with Gasteiger partial charge in [0.15, 0.2) is 11.4 Å². The van der Waals surface area contributed by atoms with E-state index in [0.717, 1.165) is 42.6 Å². The molecule has 0 saturated carbocycles. The number of aromatic nitrogens is 3. The highest BCUT2D eigenvalue weighted by atomic mass is 35.5. The second-order valence-electron chi connectivity index (χ2n) is 6.60. The first-order valence-electron chi connectivity index (χ1n) is 8.57. The van der Waals surface area contributed by atoms with Crippen LogP contribution >= 0.6 is 11.6 Å². The quantitative estimate of drug-likeness (QED) is 0.695. The van der Waals surface area contributed by atoms with Crippen molar-refractivity contribution in [3.05, 3.63) is 47.1 Å². The number of nitrogens with zero attached hydrogens (tertiary/aromatic N) is 5. The molecule has 0 aliphatic carbocycles. The second-order valence-corrected chi connectivity index (χ2v) is 7.04. The van der Waals surface area contributed by atoms with Gasteiger partial charge in [-0.25, -0.2) is 14.4 Å². The fourth-order valence-corrected chi connectivity index (χ4v) is 3.59. The predicted octanol–water partition coefficient (Wildman–Crippen LogP) is 3.51. The minimum absolute atomic E-state index is 0.414. The molecule has 136 valence electrons. The van der Waals surface area contributed by atoms with Crippen LogP contribution in [0, 0.1) is 5.82 Å². The Balaban J connectivity index is 1.39. The maximum atomic E-state index is 13.0. The highest BCUT2D eigenvalue weighted by Crippen LogP contribution is 2.25. The number of benzene rings is 1. The zero-order valence-corrected chi connectivity index (χ0v) is 15.2. The van der Waals surface area contributed by atoms with Crippen molar-refractivity contribution in [2.24, 2.45) is 0 Å². The lowest BCUT2D eigenvalue weighted by Crippen LogP contribution is -2.43. The van der Waals surface area contributed by atoms with Gasteiger partial charge in [0.2, 0.25) is 5.95 Å². The van der Waals surface area contributed by atoms with Gasteiger partial charge in [0.1, 0.15) is 5.69 Å². The molecule has 0 spiro atoms. The summed E-state index contributed by atoms with van der Waals surface area (Å²) in [5.74, 6) is 0.174. The van der Waals surface area contributed by atoms with E-state index in [1.807, 2.05) is 12.1 Å². The highest BCUT2D eigenvalue weighted by molar-refractivity contribution is 6.31. The van der Waals surface area contributed by atoms with E-state index in [2.05, 4.69) is 32.0 Å². The fraction of sp³-hybridized carbons (Fsp3) is 0.389. The van der Waals surface area contributed by atoms with Gasteiger partial charge < -0.3 is 9.42 Å². The van der Waals surface area contributed by atoms with Crippen LogP contribution in [0.2, 0.25) is 5.02 Å². The number of fused-ring (bicyclic) bond motifs is 1. The van der Waals surface area contributed by atoms with Gasteiger partial charge in [-0.1, -0.05) is 16.8 Å². The molecule has 3 aromatic rings. The lowest BCUT2D eigenvalue weighted by Gasteiger charge is -2.36. The summed E-state index contributed by atoms with van der Waals surface area (Å²) in [7, 11) is 2.10. The molecule has 26 heavy (non-hydrogen) atoms. The molecular formula is C18H19ClFN5O. The summed E-state index contributed by atoms with van der Waals surface area (Å²) in [5, 5.41) is 5.84. The largest absolute Gasteiger partial charge is 0.356 e. The van der Waals surface area contributed by atoms with E-state index in [1.165, 1.54) is 12.4 Å². The third-order valence-electron chi connectivity index (χ3n) is 4.88. The third-order valence-corrected chi connectivity index (χ3v) is 5.12. The van der Waals surface area contributed by atoms with Crippen LogP contribution in [0.5, 0.6) is 0 Å². The first kappa shape index (κ1) is 17.2. The van der Waals surface area contributed by atoms with Crippen molar-refractivity contribution in [2.75, 3.05) is 25.0 Å². The maximum Gasteiger partial charge on any atom is 0.225 e. The van der Waals surface area contributed by atoms with Crippen LogP contribution in [0.4, 0.5) is 10.3 Å².